The van der Waals surface area contributed by atoms with Gasteiger partial charge >= 0.3 is 0 Å². The molecule has 1 nitrogen and oxygen atoms in total. The third kappa shape index (κ3) is 4.52. The molecule has 0 N–H and O–H groups in total. The summed E-state index contributed by atoms with van der Waals surface area (Å²) in [6.07, 6.45) is 0.961. The van der Waals surface area contributed by atoms with Crippen molar-refractivity contribution < 1.29 is 0 Å². The molecular weight excluding hydrogens is 240 g/mol. The van der Waals surface area contributed by atoms with Gasteiger partial charge in [0.15, 0.2) is 0 Å². The number of halogens is 3. The summed E-state index contributed by atoms with van der Waals surface area (Å²) in [5.74, 6) is 0. The molecule has 0 saturated heterocycles. The van der Waals surface area contributed by atoms with Crippen molar-refractivity contribution in [2.45, 2.75) is 6.42 Å². The van der Waals surface area contributed by atoms with Crippen LogP contribution >= 0.6 is 35.6 Å². The molecule has 80 valence electrons. The van der Waals surface area contributed by atoms with Gasteiger partial charge in [0.05, 0.1) is 0 Å². The highest BCUT2D eigenvalue weighted by Gasteiger charge is 2.01. The number of hydrogen-bond donors (Lipinski definition) is 0. The van der Waals surface area contributed by atoms with Crippen LogP contribution in [0, 0.1) is 0 Å². The molecule has 1 aromatic carbocycles. The van der Waals surface area contributed by atoms with E-state index in [1.807, 2.05) is 26.2 Å². The Morgan fingerprint density at radius 3 is 2.36 bits per heavy atom. The standard InChI is InChI=1S/C10H13Cl2N.ClH/c1-13(2)6-5-8-3-4-9(11)7-10(8)12;/h3-4,7H,5-6H2,1-2H3;1H. The Hall–Kier alpha value is 0.0500. The van der Waals surface area contributed by atoms with Gasteiger partial charge in [-0.05, 0) is 38.2 Å². The highest BCUT2D eigenvalue weighted by atomic mass is 35.5. The highest BCUT2D eigenvalue weighted by molar-refractivity contribution is 6.35. The van der Waals surface area contributed by atoms with Crippen molar-refractivity contribution in [3.63, 3.8) is 0 Å². The minimum Gasteiger partial charge on any atom is -0.309 e. The van der Waals surface area contributed by atoms with Crippen LogP contribution in [-0.4, -0.2) is 25.5 Å². The molecule has 0 spiro atoms. The summed E-state index contributed by atoms with van der Waals surface area (Å²) in [7, 11) is 4.09. The molecule has 0 fully saturated rings. The lowest BCUT2D eigenvalue weighted by atomic mass is 10.1. The molecule has 0 aliphatic carbocycles. The van der Waals surface area contributed by atoms with Crippen molar-refractivity contribution >= 4 is 35.6 Å². The summed E-state index contributed by atoms with van der Waals surface area (Å²) in [6.45, 7) is 1.00. The van der Waals surface area contributed by atoms with E-state index in [9.17, 15) is 0 Å². The van der Waals surface area contributed by atoms with Crippen LogP contribution in [0.1, 0.15) is 5.56 Å². The second kappa shape index (κ2) is 6.52. The fourth-order valence-electron chi connectivity index (χ4n) is 1.07. The van der Waals surface area contributed by atoms with Gasteiger partial charge in [0.2, 0.25) is 0 Å². The van der Waals surface area contributed by atoms with Crippen LogP contribution in [0.2, 0.25) is 10.0 Å². The number of rotatable bonds is 3. The first-order valence-electron chi connectivity index (χ1n) is 4.18. The first-order chi connectivity index (χ1) is 6.09. The average Bonchev–Trinajstić information content (AvgIpc) is 2.02. The van der Waals surface area contributed by atoms with Crippen LogP contribution in [0.5, 0.6) is 0 Å². The Morgan fingerprint density at radius 2 is 1.86 bits per heavy atom. The van der Waals surface area contributed by atoms with Crippen molar-refractivity contribution in [2.24, 2.45) is 0 Å². The van der Waals surface area contributed by atoms with Crippen LogP contribution < -0.4 is 0 Å². The topological polar surface area (TPSA) is 3.24 Å². The molecule has 0 bridgehead atoms. The van der Waals surface area contributed by atoms with E-state index in [-0.39, 0.29) is 12.4 Å². The summed E-state index contributed by atoms with van der Waals surface area (Å²) in [4.78, 5) is 2.13. The van der Waals surface area contributed by atoms with Gasteiger partial charge in [-0.15, -0.1) is 12.4 Å². The smallest absolute Gasteiger partial charge is 0.0453 e. The van der Waals surface area contributed by atoms with E-state index in [1.54, 1.807) is 6.07 Å². The zero-order valence-electron chi connectivity index (χ0n) is 8.26. The Kier molecular flexibility index (Phi) is 6.54. The molecule has 0 aliphatic rings. The monoisotopic (exact) mass is 253 g/mol. The maximum absolute atomic E-state index is 6.01. The Labute approximate surface area is 101 Å². The lowest BCUT2D eigenvalue weighted by Crippen LogP contribution is -2.15. The van der Waals surface area contributed by atoms with Crippen LogP contribution in [-0.2, 0) is 6.42 Å². The molecule has 0 unspecified atom stereocenters. The molecule has 0 aromatic heterocycles. The van der Waals surface area contributed by atoms with Crippen LogP contribution in [0.15, 0.2) is 18.2 Å². The van der Waals surface area contributed by atoms with Gasteiger partial charge < -0.3 is 4.90 Å². The van der Waals surface area contributed by atoms with Crippen molar-refractivity contribution in [2.75, 3.05) is 20.6 Å². The molecule has 0 aliphatic heterocycles. The molecule has 1 rings (SSSR count). The first kappa shape index (κ1) is 14.1. The molecule has 0 saturated carbocycles. The van der Waals surface area contributed by atoms with E-state index in [4.69, 9.17) is 23.2 Å². The van der Waals surface area contributed by atoms with E-state index >= 15 is 0 Å². The minimum atomic E-state index is 0. The summed E-state index contributed by atoms with van der Waals surface area (Å²) in [5, 5.41) is 1.45. The maximum atomic E-state index is 6.01. The Bertz CT molecular complexity index is 287. The average molecular weight is 255 g/mol. The molecule has 0 radical (unpaired) electrons. The number of nitrogens with zero attached hydrogens (tertiary/aromatic N) is 1. The molecule has 4 heteroatoms. The van der Waals surface area contributed by atoms with Gasteiger partial charge in [-0.3, -0.25) is 0 Å². The van der Waals surface area contributed by atoms with E-state index in [0.29, 0.717) is 5.02 Å². The lowest BCUT2D eigenvalue weighted by Gasteiger charge is -2.10. The predicted octanol–water partition coefficient (Wildman–Crippen LogP) is 3.52. The fourth-order valence-corrected chi connectivity index (χ4v) is 1.57. The van der Waals surface area contributed by atoms with Gasteiger partial charge in [0.1, 0.15) is 0 Å². The number of benzene rings is 1. The van der Waals surface area contributed by atoms with Crippen molar-refractivity contribution in [3.05, 3.63) is 33.8 Å². The summed E-state index contributed by atoms with van der Waals surface area (Å²) in [5.41, 5.74) is 1.15. The molecule has 14 heavy (non-hydrogen) atoms. The van der Waals surface area contributed by atoms with E-state index in [2.05, 4.69) is 4.90 Å². The molecule has 0 heterocycles. The second-order valence-electron chi connectivity index (χ2n) is 3.29. The molecule has 1 aromatic rings. The Morgan fingerprint density at radius 1 is 1.21 bits per heavy atom. The zero-order valence-corrected chi connectivity index (χ0v) is 10.6. The fraction of sp³-hybridized carbons (Fsp3) is 0.400. The van der Waals surface area contributed by atoms with Crippen LogP contribution in [0.4, 0.5) is 0 Å². The third-order valence-corrected chi connectivity index (χ3v) is 2.43. The number of hydrogen-bond acceptors (Lipinski definition) is 1. The largest absolute Gasteiger partial charge is 0.309 e. The van der Waals surface area contributed by atoms with Gasteiger partial charge in [-0.1, -0.05) is 29.3 Å². The van der Waals surface area contributed by atoms with Crippen molar-refractivity contribution in [1.29, 1.82) is 0 Å². The van der Waals surface area contributed by atoms with Crippen molar-refractivity contribution in [3.8, 4) is 0 Å². The van der Waals surface area contributed by atoms with Crippen LogP contribution in [0.3, 0.4) is 0 Å². The van der Waals surface area contributed by atoms with Gasteiger partial charge in [-0.2, -0.15) is 0 Å². The van der Waals surface area contributed by atoms with E-state index in [0.717, 1.165) is 23.6 Å². The highest BCUT2D eigenvalue weighted by Crippen LogP contribution is 2.21. The zero-order chi connectivity index (χ0) is 9.84. The molecule has 0 atom stereocenters. The summed E-state index contributed by atoms with van der Waals surface area (Å²) < 4.78 is 0. The van der Waals surface area contributed by atoms with E-state index < -0.39 is 0 Å². The normalized spacial score (nSPS) is 10.1. The molecule has 0 amide bonds. The van der Waals surface area contributed by atoms with E-state index in [1.165, 1.54) is 0 Å². The first-order valence-corrected chi connectivity index (χ1v) is 4.94. The second-order valence-corrected chi connectivity index (χ2v) is 4.13. The summed E-state index contributed by atoms with van der Waals surface area (Å²) >= 11 is 11.8. The minimum absolute atomic E-state index is 0. The lowest BCUT2D eigenvalue weighted by molar-refractivity contribution is 0.413. The third-order valence-electron chi connectivity index (χ3n) is 1.84. The van der Waals surface area contributed by atoms with Crippen LogP contribution in [0.25, 0.3) is 0 Å². The molecular formula is C10H14Cl3N. The Balaban J connectivity index is 0.00000169. The van der Waals surface area contributed by atoms with Crippen molar-refractivity contribution in [1.82, 2.24) is 4.90 Å². The SMILES string of the molecule is CN(C)CCc1ccc(Cl)cc1Cl.Cl. The number of likely N-dealkylation sites (N-methyl/N-ethyl adjacent to an activating group) is 1. The quantitative estimate of drug-likeness (QED) is 0.798. The van der Waals surface area contributed by atoms with Gasteiger partial charge in [0.25, 0.3) is 0 Å². The predicted molar refractivity (Wildman–Crippen MR) is 66.0 cm³/mol. The maximum Gasteiger partial charge on any atom is 0.0453 e. The summed E-state index contributed by atoms with van der Waals surface area (Å²) in [6, 6.07) is 5.64. The van der Waals surface area contributed by atoms with Gasteiger partial charge in [0, 0.05) is 16.6 Å². The van der Waals surface area contributed by atoms with Gasteiger partial charge in [-0.25, -0.2) is 0 Å².